The minimum absolute atomic E-state index is 0.0458. The van der Waals surface area contributed by atoms with Crippen molar-refractivity contribution in [1.29, 1.82) is 0 Å². The first kappa shape index (κ1) is 10.4. The van der Waals surface area contributed by atoms with Crippen LogP contribution in [0.2, 0.25) is 0 Å². The summed E-state index contributed by atoms with van der Waals surface area (Å²) in [6, 6.07) is 0. The Labute approximate surface area is 86.6 Å². The van der Waals surface area contributed by atoms with Crippen molar-refractivity contribution in [3.05, 3.63) is 0 Å². The summed E-state index contributed by atoms with van der Waals surface area (Å²) in [7, 11) is 0. The van der Waals surface area contributed by atoms with Gasteiger partial charge in [0.25, 0.3) is 0 Å². The number of hydrogen-bond donors (Lipinski definition) is 1. The molecular weight excluding hydrogens is 176 g/mol. The van der Waals surface area contributed by atoms with E-state index in [4.69, 9.17) is 4.74 Å². The lowest BCUT2D eigenvalue weighted by Gasteiger charge is -2.32. The van der Waals surface area contributed by atoms with Gasteiger partial charge in [-0.15, -0.1) is 0 Å². The summed E-state index contributed by atoms with van der Waals surface area (Å²) in [5.74, 6) is 0.748. The van der Waals surface area contributed by atoms with Crippen molar-refractivity contribution in [3.8, 4) is 0 Å². The van der Waals surface area contributed by atoms with Gasteiger partial charge in [0.05, 0.1) is 11.7 Å². The maximum Gasteiger partial charge on any atom is 0.0930 e. The molecular formula is C12H22O2. The molecule has 2 heteroatoms. The molecule has 2 aliphatic rings. The van der Waals surface area contributed by atoms with Gasteiger partial charge < -0.3 is 9.84 Å². The van der Waals surface area contributed by atoms with Crippen LogP contribution in [0.1, 0.15) is 51.9 Å². The van der Waals surface area contributed by atoms with Crippen molar-refractivity contribution < 1.29 is 9.84 Å². The Kier molecular flexibility index (Phi) is 3.13. The largest absolute Gasteiger partial charge is 0.387 e. The van der Waals surface area contributed by atoms with Gasteiger partial charge in [-0.2, -0.15) is 0 Å². The first-order valence-corrected chi connectivity index (χ1v) is 6.05. The molecule has 0 amide bonds. The van der Waals surface area contributed by atoms with Gasteiger partial charge in [-0.05, 0) is 19.3 Å². The summed E-state index contributed by atoms with van der Waals surface area (Å²) in [4.78, 5) is 0. The van der Waals surface area contributed by atoms with Crippen molar-refractivity contribution in [3.63, 3.8) is 0 Å². The van der Waals surface area contributed by atoms with Crippen LogP contribution < -0.4 is 0 Å². The van der Waals surface area contributed by atoms with E-state index < -0.39 is 5.60 Å². The second-order valence-electron chi connectivity index (χ2n) is 5.07. The van der Waals surface area contributed by atoms with Crippen LogP contribution in [0.15, 0.2) is 0 Å². The van der Waals surface area contributed by atoms with Crippen LogP contribution in [0.3, 0.4) is 0 Å². The Morgan fingerprint density at radius 1 is 1.29 bits per heavy atom. The van der Waals surface area contributed by atoms with E-state index in [-0.39, 0.29) is 6.10 Å². The van der Waals surface area contributed by atoms with Crippen LogP contribution in [0.25, 0.3) is 0 Å². The van der Waals surface area contributed by atoms with Crippen LogP contribution in [-0.4, -0.2) is 23.4 Å². The quantitative estimate of drug-likeness (QED) is 0.738. The molecule has 1 saturated heterocycles. The van der Waals surface area contributed by atoms with E-state index in [1.807, 2.05) is 6.92 Å². The molecule has 0 aromatic heterocycles. The summed E-state index contributed by atoms with van der Waals surface area (Å²) in [6.07, 6.45) is 8.58. The molecule has 2 atom stereocenters. The zero-order chi connectivity index (χ0) is 10.0. The predicted molar refractivity (Wildman–Crippen MR) is 56.2 cm³/mol. The number of hydrogen-bond acceptors (Lipinski definition) is 2. The third-order valence-corrected chi connectivity index (χ3v) is 4.03. The van der Waals surface area contributed by atoms with E-state index in [1.165, 1.54) is 32.1 Å². The highest BCUT2D eigenvalue weighted by Gasteiger charge is 2.41. The van der Waals surface area contributed by atoms with Crippen molar-refractivity contribution in [2.24, 2.45) is 5.92 Å². The van der Waals surface area contributed by atoms with Gasteiger partial charge in [-0.25, -0.2) is 0 Å². The van der Waals surface area contributed by atoms with Crippen LogP contribution in [0.5, 0.6) is 0 Å². The number of rotatable bonds is 2. The first-order chi connectivity index (χ1) is 6.71. The zero-order valence-corrected chi connectivity index (χ0v) is 9.17. The van der Waals surface area contributed by atoms with Crippen LogP contribution in [0, 0.1) is 5.92 Å². The summed E-state index contributed by atoms with van der Waals surface area (Å²) in [5, 5.41) is 10.4. The van der Waals surface area contributed by atoms with Gasteiger partial charge in [0.2, 0.25) is 0 Å². The molecule has 2 fully saturated rings. The summed E-state index contributed by atoms with van der Waals surface area (Å²) in [5.41, 5.74) is -0.512. The van der Waals surface area contributed by atoms with Gasteiger partial charge >= 0.3 is 0 Å². The summed E-state index contributed by atoms with van der Waals surface area (Å²) < 4.78 is 5.46. The monoisotopic (exact) mass is 198 g/mol. The van der Waals surface area contributed by atoms with E-state index in [9.17, 15) is 5.11 Å². The van der Waals surface area contributed by atoms with Crippen molar-refractivity contribution >= 4 is 0 Å². The molecule has 1 saturated carbocycles. The Hall–Kier alpha value is -0.0800. The molecule has 1 N–H and O–H groups in total. The average molecular weight is 198 g/mol. The SMILES string of the molecule is CC1OCCC1(O)CC1CCCCC1. The third kappa shape index (κ3) is 2.12. The van der Waals surface area contributed by atoms with E-state index in [0.29, 0.717) is 0 Å². The van der Waals surface area contributed by atoms with Gasteiger partial charge in [-0.3, -0.25) is 0 Å². The molecule has 1 aliphatic heterocycles. The highest BCUT2D eigenvalue weighted by atomic mass is 16.5. The maximum atomic E-state index is 10.4. The van der Waals surface area contributed by atoms with Gasteiger partial charge in [-0.1, -0.05) is 32.1 Å². The Morgan fingerprint density at radius 2 is 2.00 bits per heavy atom. The lowest BCUT2D eigenvalue weighted by molar-refractivity contribution is -0.0462. The molecule has 2 unspecified atom stereocenters. The number of aliphatic hydroxyl groups is 1. The molecule has 0 bridgehead atoms. The van der Waals surface area contributed by atoms with E-state index in [1.54, 1.807) is 0 Å². The van der Waals surface area contributed by atoms with Crippen molar-refractivity contribution in [1.82, 2.24) is 0 Å². The molecule has 0 aromatic carbocycles. The second kappa shape index (κ2) is 4.19. The van der Waals surface area contributed by atoms with E-state index >= 15 is 0 Å². The second-order valence-corrected chi connectivity index (χ2v) is 5.07. The molecule has 2 rings (SSSR count). The normalized spacial score (nSPS) is 40.3. The van der Waals surface area contributed by atoms with Gasteiger partial charge in [0, 0.05) is 13.0 Å². The molecule has 0 radical (unpaired) electrons. The summed E-state index contributed by atoms with van der Waals surface area (Å²) >= 11 is 0. The maximum absolute atomic E-state index is 10.4. The molecule has 0 spiro atoms. The minimum atomic E-state index is -0.512. The van der Waals surface area contributed by atoms with Crippen LogP contribution >= 0.6 is 0 Å². The summed E-state index contributed by atoms with van der Waals surface area (Å²) in [6.45, 7) is 2.75. The fourth-order valence-electron chi connectivity index (χ4n) is 2.93. The van der Waals surface area contributed by atoms with E-state index in [0.717, 1.165) is 25.4 Å². The molecule has 2 nitrogen and oxygen atoms in total. The Morgan fingerprint density at radius 3 is 2.57 bits per heavy atom. The minimum Gasteiger partial charge on any atom is -0.387 e. The lowest BCUT2D eigenvalue weighted by atomic mass is 9.78. The van der Waals surface area contributed by atoms with E-state index in [2.05, 4.69) is 0 Å². The van der Waals surface area contributed by atoms with Gasteiger partial charge in [0.1, 0.15) is 0 Å². The van der Waals surface area contributed by atoms with Crippen LogP contribution in [-0.2, 0) is 4.74 Å². The van der Waals surface area contributed by atoms with Gasteiger partial charge in [0.15, 0.2) is 0 Å². The Balaban J connectivity index is 1.88. The van der Waals surface area contributed by atoms with Crippen LogP contribution in [0.4, 0.5) is 0 Å². The molecule has 1 heterocycles. The molecule has 14 heavy (non-hydrogen) atoms. The molecule has 1 aliphatic carbocycles. The predicted octanol–water partition coefficient (Wildman–Crippen LogP) is 2.50. The standard InChI is InChI=1S/C12H22O2/c1-10-12(13,7-8-14-10)9-11-5-3-2-4-6-11/h10-11,13H,2-9H2,1H3. The Bertz CT molecular complexity index is 187. The van der Waals surface area contributed by atoms with Crippen molar-refractivity contribution in [2.45, 2.75) is 63.6 Å². The fraction of sp³-hybridized carbons (Fsp3) is 1.00. The molecule has 0 aromatic rings. The highest BCUT2D eigenvalue weighted by Crippen LogP contribution is 2.37. The molecule has 82 valence electrons. The topological polar surface area (TPSA) is 29.5 Å². The third-order valence-electron chi connectivity index (χ3n) is 4.03. The van der Waals surface area contributed by atoms with Crippen molar-refractivity contribution in [2.75, 3.05) is 6.61 Å². The highest BCUT2D eigenvalue weighted by molar-refractivity contribution is 4.91. The first-order valence-electron chi connectivity index (χ1n) is 6.05. The average Bonchev–Trinajstić information content (AvgIpc) is 2.48. The zero-order valence-electron chi connectivity index (χ0n) is 9.17. The lowest BCUT2D eigenvalue weighted by Crippen LogP contribution is -2.38. The smallest absolute Gasteiger partial charge is 0.0930 e. The fourth-order valence-corrected chi connectivity index (χ4v) is 2.93. The number of ether oxygens (including phenoxy) is 1.